The topological polar surface area (TPSA) is 23.5 Å². The number of fused-ring (bicyclic) bond motifs is 2. The van der Waals surface area contributed by atoms with E-state index in [2.05, 4.69) is 35.2 Å². The summed E-state index contributed by atoms with van der Waals surface area (Å²) in [7, 11) is 0. The number of aliphatic hydroxyl groups is 1. The molecular weight excluding hydrogens is 210 g/mol. The van der Waals surface area contributed by atoms with Crippen LogP contribution in [0.25, 0.3) is 0 Å². The molecule has 1 N–H and O–H groups in total. The second kappa shape index (κ2) is 4.79. The Morgan fingerprint density at radius 3 is 2.35 bits per heavy atom. The molecule has 0 aromatic heterocycles. The predicted octanol–water partition coefficient (Wildman–Crippen LogP) is 2.56. The quantitative estimate of drug-likeness (QED) is 0.845. The molecule has 0 radical (unpaired) electrons. The van der Waals surface area contributed by atoms with Gasteiger partial charge in [-0.3, -0.25) is 4.90 Å². The first-order valence-corrected chi connectivity index (χ1v) is 6.80. The second-order valence-electron chi connectivity index (χ2n) is 5.52. The number of piperidine rings is 2. The van der Waals surface area contributed by atoms with Crippen LogP contribution in [-0.4, -0.2) is 28.2 Å². The Hall–Kier alpha value is -0.860. The predicted molar refractivity (Wildman–Crippen MR) is 68.7 cm³/mol. The van der Waals surface area contributed by atoms with Gasteiger partial charge < -0.3 is 5.11 Å². The lowest BCUT2D eigenvalue weighted by atomic mass is 9.82. The summed E-state index contributed by atoms with van der Waals surface area (Å²) in [6.45, 7) is 1.06. The van der Waals surface area contributed by atoms with Crippen LogP contribution in [0.5, 0.6) is 0 Å². The molecule has 2 atom stereocenters. The zero-order valence-corrected chi connectivity index (χ0v) is 10.3. The summed E-state index contributed by atoms with van der Waals surface area (Å²) < 4.78 is 0. The minimum Gasteiger partial charge on any atom is -0.393 e. The maximum absolute atomic E-state index is 9.87. The van der Waals surface area contributed by atoms with Crippen LogP contribution in [0.1, 0.15) is 37.7 Å². The molecule has 17 heavy (non-hydrogen) atoms. The first-order valence-electron chi connectivity index (χ1n) is 6.80. The summed E-state index contributed by atoms with van der Waals surface area (Å²) in [6.07, 6.45) is 5.76. The van der Waals surface area contributed by atoms with Gasteiger partial charge in [0.15, 0.2) is 0 Å². The van der Waals surface area contributed by atoms with E-state index in [1.54, 1.807) is 0 Å². The molecule has 1 aromatic carbocycles. The molecule has 2 aliphatic rings. The van der Waals surface area contributed by atoms with Crippen molar-refractivity contribution in [1.29, 1.82) is 0 Å². The minimum absolute atomic E-state index is 0.0580. The van der Waals surface area contributed by atoms with E-state index in [0.29, 0.717) is 12.1 Å². The van der Waals surface area contributed by atoms with E-state index in [1.165, 1.54) is 24.8 Å². The van der Waals surface area contributed by atoms with Crippen molar-refractivity contribution in [2.45, 2.75) is 56.8 Å². The fourth-order valence-electron chi connectivity index (χ4n) is 3.50. The van der Waals surface area contributed by atoms with Crippen molar-refractivity contribution in [3.05, 3.63) is 35.9 Å². The third-order valence-electron chi connectivity index (χ3n) is 4.31. The second-order valence-corrected chi connectivity index (χ2v) is 5.52. The van der Waals surface area contributed by atoms with Gasteiger partial charge in [0, 0.05) is 18.6 Å². The Morgan fingerprint density at radius 2 is 1.71 bits per heavy atom. The van der Waals surface area contributed by atoms with Crippen molar-refractivity contribution in [1.82, 2.24) is 4.90 Å². The van der Waals surface area contributed by atoms with Crippen molar-refractivity contribution in [2.24, 2.45) is 0 Å². The number of benzene rings is 1. The Morgan fingerprint density at radius 1 is 1.06 bits per heavy atom. The molecule has 0 aliphatic carbocycles. The molecule has 92 valence electrons. The fourth-order valence-corrected chi connectivity index (χ4v) is 3.50. The van der Waals surface area contributed by atoms with Gasteiger partial charge in [-0.2, -0.15) is 0 Å². The molecule has 0 unspecified atom stereocenters. The Balaban J connectivity index is 1.74. The van der Waals surface area contributed by atoms with Gasteiger partial charge in [0.2, 0.25) is 0 Å². The zero-order valence-electron chi connectivity index (χ0n) is 10.3. The standard InChI is InChI=1S/C15H21NO/c17-15-9-13-7-4-8-14(10-15)16(13)11-12-5-2-1-3-6-12/h1-3,5-6,13-15,17H,4,7-11H2/t13-,14-/m1/s1. The van der Waals surface area contributed by atoms with Gasteiger partial charge >= 0.3 is 0 Å². The van der Waals surface area contributed by atoms with Crippen LogP contribution in [0.15, 0.2) is 30.3 Å². The van der Waals surface area contributed by atoms with Crippen LogP contribution in [0.3, 0.4) is 0 Å². The van der Waals surface area contributed by atoms with Crippen molar-refractivity contribution in [3.63, 3.8) is 0 Å². The third-order valence-corrected chi connectivity index (χ3v) is 4.31. The molecule has 2 heterocycles. The molecule has 0 saturated carbocycles. The van der Waals surface area contributed by atoms with E-state index in [9.17, 15) is 5.11 Å². The average Bonchev–Trinajstić information content (AvgIpc) is 2.32. The number of nitrogens with zero attached hydrogens (tertiary/aromatic N) is 1. The van der Waals surface area contributed by atoms with Gasteiger partial charge in [0.05, 0.1) is 6.10 Å². The Bertz CT molecular complexity index is 350. The van der Waals surface area contributed by atoms with E-state index >= 15 is 0 Å². The van der Waals surface area contributed by atoms with Gasteiger partial charge in [-0.15, -0.1) is 0 Å². The number of rotatable bonds is 2. The molecular formula is C15H21NO. The lowest BCUT2D eigenvalue weighted by Gasteiger charge is -2.47. The molecule has 2 fully saturated rings. The Kier molecular flexibility index (Phi) is 3.17. The smallest absolute Gasteiger partial charge is 0.0570 e. The maximum atomic E-state index is 9.87. The highest BCUT2D eigenvalue weighted by Crippen LogP contribution is 2.35. The minimum atomic E-state index is -0.0580. The van der Waals surface area contributed by atoms with Gasteiger partial charge in [0.1, 0.15) is 0 Å². The summed E-state index contributed by atoms with van der Waals surface area (Å²) >= 11 is 0. The summed E-state index contributed by atoms with van der Waals surface area (Å²) in [5.74, 6) is 0. The highest BCUT2D eigenvalue weighted by atomic mass is 16.3. The first kappa shape index (κ1) is 11.2. The van der Waals surface area contributed by atoms with Crippen LogP contribution in [0.2, 0.25) is 0 Å². The summed E-state index contributed by atoms with van der Waals surface area (Å²) in [6, 6.07) is 11.9. The van der Waals surface area contributed by atoms with Crippen LogP contribution in [0, 0.1) is 0 Å². The summed E-state index contributed by atoms with van der Waals surface area (Å²) in [5.41, 5.74) is 1.40. The summed E-state index contributed by atoms with van der Waals surface area (Å²) in [4.78, 5) is 2.63. The Labute approximate surface area is 103 Å². The molecule has 2 nitrogen and oxygen atoms in total. The number of aliphatic hydroxyl groups excluding tert-OH is 1. The van der Waals surface area contributed by atoms with Crippen LogP contribution in [-0.2, 0) is 6.54 Å². The number of hydrogen-bond acceptors (Lipinski definition) is 2. The lowest BCUT2D eigenvalue weighted by Crippen LogP contribution is -2.52. The molecule has 0 spiro atoms. The highest BCUT2D eigenvalue weighted by molar-refractivity contribution is 5.15. The van der Waals surface area contributed by atoms with Gasteiger partial charge in [-0.25, -0.2) is 0 Å². The fraction of sp³-hybridized carbons (Fsp3) is 0.600. The molecule has 0 amide bonds. The average molecular weight is 231 g/mol. The number of hydrogen-bond donors (Lipinski definition) is 1. The lowest BCUT2D eigenvalue weighted by molar-refractivity contribution is -0.0312. The van der Waals surface area contributed by atoms with Gasteiger partial charge in [-0.1, -0.05) is 36.8 Å². The van der Waals surface area contributed by atoms with E-state index < -0.39 is 0 Å². The molecule has 2 saturated heterocycles. The molecule has 2 bridgehead atoms. The molecule has 3 rings (SSSR count). The van der Waals surface area contributed by atoms with Gasteiger partial charge in [-0.05, 0) is 31.2 Å². The zero-order chi connectivity index (χ0) is 11.7. The largest absolute Gasteiger partial charge is 0.393 e. The highest BCUT2D eigenvalue weighted by Gasteiger charge is 2.37. The third kappa shape index (κ3) is 2.38. The molecule has 2 heteroatoms. The first-order chi connectivity index (χ1) is 8.33. The van der Waals surface area contributed by atoms with Crippen LogP contribution in [0.4, 0.5) is 0 Å². The monoisotopic (exact) mass is 231 g/mol. The normalized spacial score (nSPS) is 33.6. The van der Waals surface area contributed by atoms with Crippen LogP contribution < -0.4 is 0 Å². The summed E-state index contributed by atoms with van der Waals surface area (Å²) in [5, 5.41) is 9.87. The van der Waals surface area contributed by atoms with E-state index in [0.717, 1.165) is 19.4 Å². The maximum Gasteiger partial charge on any atom is 0.0570 e. The van der Waals surface area contributed by atoms with E-state index in [4.69, 9.17) is 0 Å². The van der Waals surface area contributed by atoms with Crippen molar-refractivity contribution in [2.75, 3.05) is 0 Å². The van der Waals surface area contributed by atoms with Crippen LogP contribution >= 0.6 is 0 Å². The van der Waals surface area contributed by atoms with E-state index in [1.807, 2.05) is 0 Å². The SMILES string of the molecule is OC1C[C@H]2CCC[C@H](C1)N2Cc1ccccc1. The van der Waals surface area contributed by atoms with Crippen molar-refractivity contribution < 1.29 is 5.11 Å². The van der Waals surface area contributed by atoms with E-state index in [-0.39, 0.29) is 6.10 Å². The molecule has 2 aliphatic heterocycles. The van der Waals surface area contributed by atoms with Crippen molar-refractivity contribution >= 4 is 0 Å². The van der Waals surface area contributed by atoms with Gasteiger partial charge in [0.25, 0.3) is 0 Å². The molecule has 1 aromatic rings. The van der Waals surface area contributed by atoms with Crippen molar-refractivity contribution in [3.8, 4) is 0 Å².